The highest BCUT2D eigenvalue weighted by Gasteiger charge is 2.35. The maximum absolute atomic E-state index is 13.2. The normalized spacial score (nSPS) is 12.2. The summed E-state index contributed by atoms with van der Waals surface area (Å²) < 4.78 is 9.95. The quantitative estimate of drug-likeness (QED) is 0.256. The summed E-state index contributed by atoms with van der Waals surface area (Å²) in [5.74, 6) is 0.327. The Morgan fingerprint density at radius 1 is 1.14 bits per heavy atom. The second-order valence-electron chi connectivity index (χ2n) is 8.23. The first kappa shape index (κ1) is 29.0. The molecule has 3 N–H and O–H groups in total. The van der Waals surface area contributed by atoms with Crippen molar-refractivity contribution in [3.63, 3.8) is 0 Å². The predicted octanol–water partition coefficient (Wildman–Crippen LogP) is 1.08. The van der Waals surface area contributed by atoms with Crippen LogP contribution in [0, 0.1) is 24.8 Å². The number of terminal acetylenes is 2. The van der Waals surface area contributed by atoms with Gasteiger partial charge in [0.25, 0.3) is 5.91 Å². The average Bonchev–Trinajstić information content (AvgIpc) is 2.79. The van der Waals surface area contributed by atoms with Crippen molar-refractivity contribution in [3.8, 4) is 24.8 Å². The van der Waals surface area contributed by atoms with Gasteiger partial charge < -0.3 is 25.2 Å². The summed E-state index contributed by atoms with van der Waals surface area (Å²) >= 11 is 0. The van der Waals surface area contributed by atoms with Crippen LogP contribution in [0.1, 0.15) is 51.3 Å². The number of nitrogens with zero attached hydrogens (tertiary/aromatic N) is 1. The fraction of sp³-hybridized carbons (Fsp3) is 0.440. The van der Waals surface area contributed by atoms with Crippen LogP contribution in [0.3, 0.4) is 0 Å². The second kappa shape index (κ2) is 13.6. The summed E-state index contributed by atoms with van der Waals surface area (Å²) in [6.45, 7) is 5.88. The Kier molecular flexibility index (Phi) is 11.3. The van der Waals surface area contributed by atoms with E-state index < -0.39 is 48.2 Å². The Bertz CT molecular complexity index is 984. The maximum atomic E-state index is 13.2. The molecule has 1 aromatic rings. The van der Waals surface area contributed by atoms with Crippen molar-refractivity contribution in [3.05, 3.63) is 35.4 Å². The number of hydrogen-bond acceptors (Lipinski definition) is 7. The van der Waals surface area contributed by atoms with Crippen molar-refractivity contribution in [2.24, 2.45) is 0 Å². The highest BCUT2D eigenvalue weighted by molar-refractivity contribution is 5.93. The van der Waals surface area contributed by atoms with E-state index in [4.69, 9.17) is 22.3 Å². The molecular formula is C25H31N3O7. The maximum Gasteiger partial charge on any atom is 0.408 e. The van der Waals surface area contributed by atoms with Crippen molar-refractivity contribution in [2.75, 3.05) is 19.8 Å². The van der Waals surface area contributed by atoms with Crippen molar-refractivity contribution in [1.82, 2.24) is 15.5 Å². The third-order valence-corrected chi connectivity index (χ3v) is 4.38. The number of nitrogens with one attached hydrogen (secondary N) is 2. The zero-order chi connectivity index (χ0) is 26.6. The van der Waals surface area contributed by atoms with Gasteiger partial charge in [0.05, 0.1) is 19.6 Å². The third-order valence-electron chi connectivity index (χ3n) is 4.38. The SMILES string of the molecule is C#Cc1ccc(C(C(=O)NCCC(=O)OCC)N(C#C)C(=O)C(CO)NC(=O)OC(C)(C)C)cc1. The third kappa shape index (κ3) is 9.40. The average molecular weight is 486 g/mol. The molecule has 0 aliphatic carbocycles. The number of amides is 3. The van der Waals surface area contributed by atoms with Gasteiger partial charge in [-0.05, 0) is 45.4 Å². The number of aliphatic hydroxyl groups excluding tert-OH is 1. The lowest BCUT2D eigenvalue weighted by atomic mass is 10.0. The molecule has 10 heteroatoms. The van der Waals surface area contributed by atoms with Gasteiger partial charge in [0.2, 0.25) is 5.91 Å². The summed E-state index contributed by atoms with van der Waals surface area (Å²) in [6.07, 6.45) is 9.94. The first-order chi connectivity index (χ1) is 16.5. The molecule has 0 spiro atoms. The number of ether oxygens (including phenoxy) is 2. The topological polar surface area (TPSA) is 134 Å². The Morgan fingerprint density at radius 3 is 2.26 bits per heavy atom. The van der Waals surface area contributed by atoms with Crippen LogP contribution in [0.2, 0.25) is 0 Å². The van der Waals surface area contributed by atoms with E-state index in [-0.39, 0.29) is 19.6 Å². The van der Waals surface area contributed by atoms with Gasteiger partial charge in [-0.1, -0.05) is 24.5 Å². The van der Waals surface area contributed by atoms with Gasteiger partial charge >= 0.3 is 12.1 Å². The van der Waals surface area contributed by atoms with Crippen molar-refractivity contribution >= 4 is 23.9 Å². The van der Waals surface area contributed by atoms with E-state index in [1.54, 1.807) is 39.8 Å². The summed E-state index contributed by atoms with van der Waals surface area (Å²) in [5.41, 5.74) is 0.00511. The predicted molar refractivity (Wildman–Crippen MR) is 127 cm³/mol. The molecule has 0 saturated carbocycles. The number of esters is 1. The van der Waals surface area contributed by atoms with Gasteiger partial charge in [0.1, 0.15) is 17.7 Å². The van der Waals surface area contributed by atoms with Crippen LogP contribution < -0.4 is 10.6 Å². The number of aliphatic hydroxyl groups is 1. The number of hydrogen-bond donors (Lipinski definition) is 3. The van der Waals surface area contributed by atoms with E-state index >= 15 is 0 Å². The zero-order valence-corrected chi connectivity index (χ0v) is 20.3. The van der Waals surface area contributed by atoms with Crippen molar-refractivity contribution in [1.29, 1.82) is 0 Å². The molecule has 0 aliphatic heterocycles. The Hall–Kier alpha value is -4.02. The number of benzene rings is 1. The van der Waals surface area contributed by atoms with E-state index in [2.05, 4.69) is 22.6 Å². The molecule has 10 nitrogen and oxygen atoms in total. The zero-order valence-electron chi connectivity index (χ0n) is 20.3. The molecule has 0 aliphatic rings. The molecule has 0 fully saturated rings. The standard InChI is InChI=1S/C25H31N3O7/c1-7-17-10-12-18(13-11-17)21(22(31)26-15-14-20(30)34-9-3)28(8-2)23(32)19(16-29)27-24(33)35-25(4,5)6/h1-2,10-13,19,21,29H,9,14-16H2,3-6H3,(H,26,31)(H,27,33). The van der Waals surface area contributed by atoms with Crippen LogP contribution in [0.25, 0.3) is 0 Å². The number of rotatable bonds is 10. The van der Waals surface area contributed by atoms with Crippen LogP contribution >= 0.6 is 0 Å². The minimum atomic E-state index is -1.49. The second-order valence-corrected chi connectivity index (χ2v) is 8.23. The van der Waals surface area contributed by atoms with Crippen LogP contribution in [-0.2, 0) is 23.9 Å². The van der Waals surface area contributed by atoms with E-state index in [9.17, 15) is 24.3 Å². The fourth-order valence-electron chi connectivity index (χ4n) is 2.87. The molecule has 0 bridgehead atoms. The Balaban J connectivity index is 3.21. The van der Waals surface area contributed by atoms with E-state index in [1.165, 1.54) is 12.1 Å². The first-order valence-electron chi connectivity index (χ1n) is 10.9. The lowest BCUT2D eigenvalue weighted by Crippen LogP contribution is -2.53. The van der Waals surface area contributed by atoms with E-state index in [1.807, 2.05) is 0 Å². The van der Waals surface area contributed by atoms with Gasteiger partial charge in [-0.25, -0.2) is 4.79 Å². The van der Waals surface area contributed by atoms with E-state index in [0.29, 0.717) is 11.1 Å². The molecular weight excluding hydrogens is 454 g/mol. The summed E-state index contributed by atoms with van der Waals surface area (Å²) in [4.78, 5) is 50.8. The van der Waals surface area contributed by atoms with Gasteiger partial charge in [0, 0.05) is 18.2 Å². The molecule has 0 radical (unpaired) electrons. The number of carbonyl (C=O) groups is 4. The van der Waals surface area contributed by atoms with Crippen LogP contribution in [0.4, 0.5) is 4.79 Å². The molecule has 3 amide bonds. The lowest BCUT2D eigenvalue weighted by Gasteiger charge is -2.29. The molecule has 0 aromatic heterocycles. The summed E-state index contributed by atoms with van der Waals surface area (Å²) in [5, 5.41) is 14.5. The minimum Gasteiger partial charge on any atom is -0.466 e. The smallest absolute Gasteiger partial charge is 0.408 e. The highest BCUT2D eigenvalue weighted by Crippen LogP contribution is 2.22. The van der Waals surface area contributed by atoms with Crippen molar-refractivity contribution < 1.29 is 33.8 Å². The van der Waals surface area contributed by atoms with E-state index in [0.717, 1.165) is 4.90 Å². The fourth-order valence-corrected chi connectivity index (χ4v) is 2.87. The molecule has 1 aromatic carbocycles. The van der Waals surface area contributed by atoms with Gasteiger partial charge in [-0.15, -0.1) is 6.42 Å². The summed E-state index contributed by atoms with van der Waals surface area (Å²) in [7, 11) is 0. The van der Waals surface area contributed by atoms with Crippen LogP contribution in [-0.4, -0.2) is 65.3 Å². The van der Waals surface area contributed by atoms with Crippen LogP contribution in [0.15, 0.2) is 24.3 Å². The molecule has 0 saturated heterocycles. The molecule has 0 heterocycles. The monoisotopic (exact) mass is 485 g/mol. The summed E-state index contributed by atoms with van der Waals surface area (Å²) in [6, 6.07) is 5.50. The Morgan fingerprint density at radius 2 is 1.77 bits per heavy atom. The van der Waals surface area contributed by atoms with Crippen molar-refractivity contribution in [2.45, 2.75) is 51.8 Å². The largest absolute Gasteiger partial charge is 0.466 e. The molecule has 35 heavy (non-hydrogen) atoms. The van der Waals surface area contributed by atoms with Crippen LogP contribution in [0.5, 0.6) is 0 Å². The number of alkyl carbamates (subject to hydrolysis) is 1. The molecule has 1 rings (SSSR count). The Labute approximate surface area is 205 Å². The first-order valence-corrected chi connectivity index (χ1v) is 10.9. The number of carbonyl (C=O) groups excluding carboxylic acids is 4. The molecule has 2 atom stereocenters. The minimum absolute atomic E-state index is 0.0667. The van der Waals surface area contributed by atoms with Gasteiger partial charge in [-0.2, -0.15) is 0 Å². The van der Waals surface area contributed by atoms with Gasteiger partial charge in [-0.3, -0.25) is 19.3 Å². The lowest BCUT2D eigenvalue weighted by molar-refractivity contribution is -0.143. The van der Waals surface area contributed by atoms with Gasteiger partial charge in [0.15, 0.2) is 0 Å². The highest BCUT2D eigenvalue weighted by atomic mass is 16.6. The molecule has 2 unspecified atom stereocenters. The molecule has 188 valence electrons.